The minimum absolute atomic E-state index is 0. The maximum atomic E-state index is 6.04. The zero-order valence-electron chi connectivity index (χ0n) is 12.3. The predicted octanol–water partition coefficient (Wildman–Crippen LogP) is 4.32. The van der Waals surface area contributed by atoms with Crippen LogP contribution in [0.1, 0.15) is 37.3 Å². The van der Waals surface area contributed by atoms with Gasteiger partial charge in [-0.2, -0.15) is 0 Å². The normalized spacial score (nSPS) is 21.4. The SMILES string of the molecule is Cl.Cl.Clc1ccc([C@@H](C2CCCC2)N2CCNCC2)cc1. The molecule has 0 radical (unpaired) electrons. The molecule has 1 aliphatic heterocycles. The molecule has 2 aliphatic rings. The molecular formula is C16H25Cl3N2. The molecule has 0 bridgehead atoms. The number of benzene rings is 1. The van der Waals surface area contributed by atoms with Crippen LogP contribution < -0.4 is 5.32 Å². The molecule has 1 N–H and O–H groups in total. The van der Waals surface area contributed by atoms with Crippen molar-refractivity contribution in [3.8, 4) is 0 Å². The van der Waals surface area contributed by atoms with Gasteiger partial charge in [0.1, 0.15) is 0 Å². The molecule has 1 saturated carbocycles. The summed E-state index contributed by atoms with van der Waals surface area (Å²) in [5.41, 5.74) is 1.46. The lowest BCUT2D eigenvalue weighted by Gasteiger charge is -2.38. The average Bonchev–Trinajstić information content (AvgIpc) is 2.96. The van der Waals surface area contributed by atoms with Gasteiger partial charge < -0.3 is 5.32 Å². The van der Waals surface area contributed by atoms with Crippen molar-refractivity contribution in [3.63, 3.8) is 0 Å². The van der Waals surface area contributed by atoms with Crippen LogP contribution in [0, 0.1) is 5.92 Å². The molecule has 5 heteroatoms. The highest BCUT2D eigenvalue weighted by atomic mass is 35.5. The van der Waals surface area contributed by atoms with E-state index in [1.54, 1.807) is 0 Å². The van der Waals surface area contributed by atoms with Gasteiger partial charge in [-0.15, -0.1) is 24.8 Å². The van der Waals surface area contributed by atoms with Crippen LogP contribution >= 0.6 is 36.4 Å². The first-order valence-electron chi connectivity index (χ1n) is 7.55. The summed E-state index contributed by atoms with van der Waals surface area (Å²) in [6.45, 7) is 4.58. The molecule has 0 unspecified atom stereocenters. The van der Waals surface area contributed by atoms with E-state index in [1.807, 2.05) is 12.1 Å². The average molecular weight is 352 g/mol. The van der Waals surface area contributed by atoms with Gasteiger partial charge in [-0.1, -0.05) is 36.6 Å². The van der Waals surface area contributed by atoms with Crippen LogP contribution in [0.5, 0.6) is 0 Å². The van der Waals surface area contributed by atoms with E-state index in [4.69, 9.17) is 11.6 Å². The highest BCUT2D eigenvalue weighted by Crippen LogP contribution is 2.39. The van der Waals surface area contributed by atoms with Gasteiger partial charge in [-0.3, -0.25) is 4.90 Å². The Morgan fingerprint density at radius 2 is 1.57 bits per heavy atom. The number of hydrogen-bond acceptors (Lipinski definition) is 2. The van der Waals surface area contributed by atoms with Crippen LogP contribution in [-0.2, 0) is 0 Å². The molecule has 3 rings (SSSR count). The summed E-state index contributed by atoms with van der Waals surface area (Å²) >= 11 is 6.04. The summed E-state index contributed by atoms with van der Waals surface area (Å²) in [6.07, 6.45) is 5.58. The largest absolute Gasteiger partial charge is 0.314 e. The third-order valence-corrected chi connectivity index (χ3v) is 4.85. The Bertz CT molecular complexity index is 398. The van der Waals surface area contributed by atoms with Crippen molar-refractivity contribution in [2.45, 2.75) is 31.7 Å². The highest BCUT2D eigenvalue weighted by Gasteiger charge is 2.31. The second-order valence-corrected chi connectivity index (χ2v) is 6.26. The molecule has 1 heterocycles. The number of piperazine rings is 1. The molecule has 120 valence electrons. The smallest absolute Gasteiger partial charge is 0.0406 e. The Morgan fingerprint density at radius 3 is 2.14 bits per heavy atom. The van der Waals surface area contributed by atoms with E-state index in [9.17, 15) is 0 Å². The fraction of sp³-hybridized carbons (Fsp3) is 0.625. The van der Waals surface area contributed by atoms with E-state index in [-0.39, 0.29) is 24.8 Å². The molecular weight excluding hydrogens is 327 g/mol. The van der Waals surface area contributed by atoms with Crippen molar-refractivity contribution in [2.24, 2.45) is 5.92 Å². The van der Waals surface area contributed by atoms with Gasteiger partial charge in [0.15, 0.2) is 0 Å². The Balaban J connectivity index is 0.00000110. The van der Waals surface area contributed by atoms with Crippen LogP contribution in [0.25, 0.3) is 0 Å². The van der Waals surface area contributed by atoms with Crippen molar-refractivity contribution in [3.05, 3.63) is 34.9 Å². The minimum Gasteiger partial charge on any atom is -0.314 e. The summed E-state index contributed by atoms with van der Waals surface area (Å²) in [6, 6.07) is 9.14. The summed E-state index contributed by atoms with van der Waals surface area (Å²) in [5, 5.41) is 4.30. The molecule has 1 saturated heterocycles. The topological polar surface area (TPSA) is 15.3 Å². The Kier molecular flexibility index (Phi) is 8.36. The van der Waals surface area contributed by atoms with Crippen molar-refractivity contribution in [1.29, 1.82) is 0 Å². The summed E-state index contributed by atoms with van der Waals surface area (Å²) in [7, 11) is 0. The number of nitrogens with zero attached hydrogens (tertiary/aromatic N) is 1. The summed E-state index contributed by atoms with van der Waals surface area (Å²) in [4.78, 5) is 2.68. The molecule has 21 heavy (non-hydrogen) atoms. The number of hydrogen-bond donors (Lipinski definition) is 1. The lowest BCUT2D eigenvalue weighted by atomic mass is 9.90. The third-order valence-electron chi connectivity index (χ3n) is 4.60. The molecule has 1 aromatic carbocycles. The van der Waals surface area contributed by atoms with E-state index in [0.717, 1.165) is 24.0 Å². The van der Waals surface area contributed by atoms with Gasteiger partial charge in [-0.25, -0.2) is 0 Å². The van der Waals surface area contributed by atoms with Crippen LogP contribution in [0.4, 0.5) is 0 Å². The van der Waals surface area contributed by atoms with Crippen molar-refractivity contribution in [2.75, 3.05) is 26.2 Å². The van der Waals surface area contributed by atoms with E-state index in [2.05, 4.69) is 22.3 Å². The molecule has 1 aliphatic carbocycles. The Labute approximate surface area is 145 Å². The van der Waals surface area contributed by atoms with Gasteiger partial charge in [0.25, 0.3) is 0 Å². The maximum Gasteiger partial charge on any atom is 0.0406 e. The van der Waals surface area contributed by atoms with Gasteiger partial charge in [0, 0.05) is 37.2 Å². The lowest BCUT2D eigenvalue weighted by molar-refractivity contribution is 0.125. The van der Waals surface area contributed by atoms with Crippen molar-refractivity contribution >= 4 is 36.4 Å². The molecule has 0 spiro atoms. The molecule has 0 amide bonds. The minimum atomic E-state index is 0. The highest BCUT2D eigenvalue weighted by molar-refractivity contribution is 6.30. The first kappa shape index (κ1) is 19.1. The number of nitrogens with one attached hydrogen (secondary N) is 1. The van der Waals surface area contributed by atoms with Crippen molar-refractivity contribution in [1.82, 2.24) is 10.2 Å². The van der Waals surface area contributed by atoms with Gasteiger partial charge >= 0.3 is 0 Å². The monoisotopic (exact) mass is 350 g/mol. The number of rotatable bonds is 3. The number of halogens is 3. The Hall–Kier alpha value is 0.01000. The summed E-state index contributed by atoms with van der Waals surface area (Å²) in [5.74, 6) is 0.833. The van der Waals surface area contributed by atoms with E-state index in [0.29, 0.717) is 6.04 Å². The zero-order chi connectivity index (χ0) is 13.1. The van der Waals surface area contributed by atoms with Gasteiger partial charge in [0.05, 0.1) is 0 Å². The van der Waals surface area contributed by atoms with E-state index in [1.165, 1.54) is 44.3 Å². The van der Waals surface area contributed by atoms with Crippen LogP contribution in [0.3, 0.4) is 0 Å². The fourth-order valence-corrected chi connectivity index (χ4v) is 3.80. The first-order chi connectivity index (χ1) is 9.34. The summed E-state index contributed by atoms with van der Waals surface area (Å²) < 4.78 is 0. The Morgan fingerprint density at radius 1 is 1.00 bits per heavy atom. The van der Waals surface area contributed by atoms with E-state index >= 15 is 0 Å². The molecule has 1 aromatic rings. The molecule has 2 fully saturated rings. The quantitative estimate of drug-likeness (QED) is 0.872. The van der Waals surface area contributed by atoms with Crippen molar-refractivity contribution < 1.29 is 0 Å². The predicted molar refractivity (Wildman–Crippen MR) is 95.1 cm³/mol. The maximum absolute atomic E-state index is 6.04. The molecule has 2 nitrogen and oxygen atoms in total. The van der Waals surface area contributed by atoms with Crippen LogP contribution in [0.15, 0.2) is 24.3 Å². The van der Waals surface area contributed by atoms with Crippen LogP contribution in [-0.4, -0.2) is 31.1 Å². The second kappa shape index (κ2) is 9.22. The molecule has 1 atom stereocenters. The third kappa shape index (κ3) is 4.74. The van der Waals surface area contributed by atoms with E-state index < -0.39 is 0 Å². The zero-order valence-corrected chi connectivity index (χ0v) is 14.7. The first-order valence-corrected chi connectivity index (χ1v) is 7.92. The fourth-order valence-electron chi connectivity index (χ4n) is 3.67. The van der Waals surface area contributed by atoms with Gasteiger partial charge in [0.2, 0.25) is 0 Å². The second-order valence-electron chi connectivity index (χ2n) is 5.83. The standard InChI is InChI=1S/C16H23ClN2.2ClH/c17-15-7-5-14(6-8-15)16(13-3-1-2-4-13)19-11-9-18-10-12-19;;/h5-8,13,16,18H,1-4,9-12H2;2*1H/t16-;;/m1../s1. The van der Waals surface area contributed by atoms with Crippen LogP contribution in [0.2, 0.25) is 5.02 Å². The lowest BCUT2D eigenvalue weighted by Crippen LogP contribution is -2.46. The molecule has 0 aromatic heterocycles. The van der Waals surface area contributed by atoms with Gasteiger partial charge in [-0.05, 0) is 36.5 Å².